The van der Waals surface area contributed by atoms with Gasteiger partial charge in [-0.3, -0.25) is 0 Å². The third kappa shape index (κ3) is 3.77. The van der Waals surface area contributed by atoms with Crippen LogP contribution in [0.3, 0.4) is 0 Å². The number of ether oxygens (including phenoxy) is 1. The number of amides is 1. The van der Waals surface area contributed by atoms with Crippen molar-refractivity contribution in [1.29, 1.82) is 0 Å². The van der Waals surface area contributed by atoms with Crippen molar-refractivity contribution in [3.8, 4) is 5.75 Å². The fraction of sp³-hybridized carbons (Fsp3) is 0.174. The number of aryl methyl sites for hydroxylation is 4. The molecule has 26 heavy (non-hydrogen) atoms. The van der Waals surface area contributed by atoms with E-state index in [0.29, 0.717) is 5.75 Å². The molecule has 3 rings (SSSR count). The van der Waals surface area contributed by atoms with E-state index in [1.807, 2.05) is 70.2 Å². The maximum Gasteiger partial charge on any atom is 0.424 e. The van der Waals surface area contributed by atoms with Crippen LogP contribution in [0, 0.1) is 27.7 Å². The molecule has 3 aromatic rings. The van der Waals surface area contributed by atoms with Gasteiger partial charge in [-0.15, -0.1) is 0 Å². The van der Waals surface area contributed by atoms with Gasteiger partial charge in [-0.25, -0.2) is 9.69 Å². The van der Waals surface area contributed by atoms with Crippen LogP contribution in [0.5, 0.6) is 5.75 Å². The van der Waals surface area contributed by atoms with Gasteiger partial charge >= 0.3 is 6.09 Å². The van der Waals surface area contributed by atoms with Crippen molar-refractivity contribution in [2.75, 3.05) is 4.90 Å². The van der Waals surface area contributed by atoms with Crippen LogP contribution in [0.25, 0.3) is 0 Å². The van der Waals surface area contributed by atoms with E-state index >= 15 is 0 Å². The van der Waals surface area contributed by atoms with Crippen LogP contribution < -0.4 is 9.64 Å². The Bertz CT molecular complexity index is 881. The van der Waals surface area contributed by atoms with Gasteiger partial charge < -0.3 is 4.74 Å². The Balaban J connectivity index is 2.08. The SMILES string of the molecule is Cc1ccc(N(C(=O)Oc2ccccc2)c2ccc(C)cc2C)c(C)c1. The smallest absolute Gasteiger partial charge is 0.410 e. The molecule has 0 atom stereocenters. The topological polar surface area (TPSA) is 29.5 Å². The molecule has 0 aliphatic carbocycles. The highest BCUT2D eigenvalue weighted by atomic mass is 16.6. The molecule has 0 N–H and O–H groups in total. The number of rotatable bonds is 3. The maximum absolute atomic E-state index is 13.1. The fourth-order valence-electron chi connectivity index (χ4n) is 3.07. The molecule has 0 aliphatic rings. The first kappa shape index (κ1) is 17.7. The molecule has 0 aliphatic heterocycles. The summed E-state index contributed by atoms with van der Waals surface area (Å²) in [5.41, 5.74) is 6.00. The van der Waals surface area contributed by atoms with Crippen LogP contribution in [0.2, 0.25) is 0 Å². The van der Waals surface area contributed by atoms with E-state index in [-0.39, 0.29) is 0 Å². The highest BCUT2D eigenvalue weighted by molar-refractivity contribution is 5.98. The molecular formula is C23H23NO2. The van der Waals surface area contributed by atoms with E-state index in [2.05, 4.69) is 12.1 Å². The number of hydrogen-bond acceptors (Lipinski definition) is 2. The molecule has 0 saturated heterocycles. The van der Waals surface area contributed by atoms with Crippen LogP contribution in [0.15, 0.2) is 66.7 Å². The largest absolute Gasteiger partial charge is 0.424 e. The molecule has 0 unspecified atom stereocenters. The third-order valence-electron chi connectivity index (χ3n) is 4.32. The van der Waals surface area contributed by atoms with Crippen molar-refractivity contribution in [2.24, 2.45) is 0 Å². The second-order valence-corrected chi connectivity index (χ2v) is 6.60. The number of hydrogen-bond donors (Lipinski definition) is 0. The summed E-state index contributed by atoms with van der Waals surface area (Å²) in [7, 11) is 0. The summed E-state index contributed by atoms with van der Waals surface area (Å²) in [6.07, 6.45) is -0.421. The molecule has 1 amide bonds. The van der Waals surface area contributed by atoms with Crippen LogP contribution >= 0.6 is 0 Å². The number of anilines is 2. The minimum absolute atomic E-state index is 0.421. The van der Waals surface area contributed by atoms with Crippen molar-refractivity contribution < 1.29 is 9.53 Å². The number of para-hydroxylation sites is 1. The Labute approximate surface area is 154 Å². The van der Waals surface area contributed by atoms with E-state index in [1.165, 1.54) is 0 Å². The van der Waals surface area contributed by atoms with Gasteiger partial charge in [0.15, 0.2) is 0 Å². The normalized spacial score (nSPS) is 10.5. The zero-order chi connectivity index (χ0) is 18.7. The Kier molecular flexibility index (Phi) is 5.08. The van der Waals surface area contributed by atoms with Gasteiger partial charge in [0, 0.05) is 0 Å². The molecule has 132 valence electrons. The Morgan fingerprint density at radius 2 is 1.23 bits per heavy atom. The van der Waals surface area contributed by atoms with E-state index in [1.54, 1.807) is 17.0 Å². The summed E-state index contributed by atoms with van der Waals surface area (Å²) >= 11 is 0. The average Bonchev–Trinajstić information content (AvgIpc) is 2.59. The standard InChI is InChI=1S/C23H23NO2/c1-16-10-12-21(18(3)14-16)24(22-13-11-17(2)15-19(22)4)23(25)26-20-8-6-5-7-9-20/h5-15H,1-4H3. The number of carbonyl (C=O) groups is 1. The van der Waals surface area contributed by atoms with Crippen molar-refractivity contribution in [3.63, 3.8) is 0 Å². The summed E-state index contributed by atoms with van der Waals surface area (Å²) in [5, 5.41) is 0. The summed E-state index contributed by atoms with van der Waals surface area (Å²) in [5.74, 6) is 0.525. The van der Waals surface area contributed by atoms with Crippen LogP contribution in [0.1, 0.15) is 22.3 Å². The lowest BCUT2D eigenvalue weighted by molar-refractivity contribution is 0.210. The van der Waals surface area contributed by atoms with Crippen molar-refractivity contribution in [1.82, 2.24) is 0 Å². The van der Waals surface area contributed by atoms with Crippen LogP contribution in [-0.4, -0.2) is 6.09 Å². The number of nitrogens with zero attached hydrogens (tertiary/aromatic N) is 1. The third-order valence-corrected chi connectivity index (χ3v) is 4.32. The summed E-state index contributed by atoms with van der Waals surface area (Å²) in [6, 6.07) is 21.2. The maximum atomic E-state index is 13.1. The zero-order valence-electron chi connectivity index (χ0n) is 15.6. The lowest BCUT2D eigenvalue weighted by Gasteiger charge is -2.26. The molecule has 3 heteroatoms. The highest BCUT2D eigenvalue weighted by Crippen LogP contribution is 2.33. The predicted octanol–water partition coefficient (Wildman–Crippen LogP) is 6.26. The van der Waals surface area contributed by atoms with Crippen molar-refractivity contribution >= 4 is 17.5 Å². The lowest BCUT2D eigenvalue weighted by Crippen LogP contribution is -2.30. The first-order valence-electron chi connectivity index (χ1n) is 8.67. The Hall–Kier alpha value is -3.07. The van der Waals surface area contributed by atoms with Gasteiger partial charge in [-0.05, 0) is 63.1 Å². The molecule has 0 aromatic heterocycles. The summed E-state index contributed by atoms with van der Waals surface area (Å²) in [4.78, 5) is 14.7. The van der Waals surface area contributed by atoms with Gasteiger partial charge in [0.25, 0.3) is 0 Å². The van der Waals surface area contributed by atoms with Crippen LogP contribution in [-0.2, 0) is 0 Å². The molecule has 0 saturated carbocycles. The van der Waals surface area contributed by atoms with E-state index in [0.717, 1.165) is 33.6 Å². The summed E-state index contributed by atoms with van der Waals surface area (Å²) in [6.45, 7) is 8.10. The van der Waals surface area contributed by atoms with Gasteiger partial charge in [0.2, 0.25) is 0 Å². The van der Waals surface area contributed by atoms with E-state index < -0.39 is 6.09 Å². The zero-order valence-corrected chi connectivity index (χ0v) is 15.6. The fourth-order valence-corrected chi connectivity index (χ4v) is 3.07. The van der Waals surface area contributed by atoms with Crippen molar-refractivity contribution in [3.05, 3.63) is 89.0 Å². The quantitative estimate of drug-likeness (QED) is 0.561. The molecule has 3 nitrogen and oxygen atoms in total. The minimum Gasteiger partial charge on any atom is -0.410 e. The summed E-state index contributed by atoms with van der Waals surface area (Å²) < 4.78 is 5.64. The second kappa shape index (κ2) is 7.44. The predicted molar refractivity (Wildman–Crippen MR) is 106 cm³/mol. The van der Waals surface area contributed by atoms with Gasteiger partial charge in [0.05, 0.1) is 11.4 Å². The number of carbonyl (C=O) groups excluding carboxylic acids is 1. The first-order valence-corrected chi connectivity index (χ1v) is 8.67. The Morgan fingerprint density at radius 1 is 0.731 bits per heavy atom. The molecule has 3 aromatic carbocycles. The minimum atomic E-state index is -0.421. The molecule has 0 heterocycles. The van der Waals surface area contributed by atoms with Gasteiger partial charge in [-0.1, -0.05) is 53.6 Å². The molecular weight excluding hydrogens is 322 g/mol. The average molecular weight is 345 g/mol. The molecule has 0 fully saturated rings. The molecule has 0 bridgehead atoms. The first-order chi connectivity index (χ1) is 12.5. The Morgan fingerprint density at radius 3 is 1.69 bits per heavy atom. The van der Waals surface area contributed by atoms with E-state index in [9.17, 15) is 4.79 Å². The monoisotopic (exact) mass is 345 g/mol. The van der Waals surface area contributed by atoms with Crippen molar-refractivity contribution in [2.45, 2.75) is 27.7 Å². The van der Waals surface area contributed by atoms with Crippen LogP contribution in [0.4, 0.5) is 16.2 Å². The van der Waals surface area contributed by atoms with E-state index in [4.69, 9.17) is 4.74 Å². The highest BCUT2D eigenvalue weighted by Gasteiger charge is 2.23. The molecule has 0 radical (unpaired) electrons. The molecule has 0 spiro atoms. The van der Waals surface area contributed by atoms with Gasteiger partial charge in [-0.2, -0.15) is 0 Å². The van der Waals surface area contributed by atoms with Gasteiger partial charge in [0.1, 0.15) is 5.75 Å². The second-order valence-electron chi connectivity index (χ2n) is 6.60. The lowest BCUT2D eigenvalue weighted by atomic mass is 10.1. The number of benzene rings is 3.